The zero-order valence-electron chi connectivity index (χ0n) is 11.0. The lowest BCUT2D eigenvalue weighted by atomic mass is 9.89. The predicted octanol–water partition coefficient (Wildman–Crippen LogP) is 3.42. The molecule has 0 fully saturated rings. The van der Waals surface area contributed by atoms with Crippen LogP contribution in [0.4, 0.5) is 5.69 Å². The lowest BCUT2D eigenvalue weighted by molar-refractivity contribution is -0.385. The van der Waals surface area contributed by atoms with Gasteiger partial charge in [-0.3, -0.25) is 10.1 Å². The van der Waals surface area contributed by atoms with E-state index in [1.807, 2.05) is 32.1 Å². The molecule has 0 saturated carbocycles. The lowest BCUT2D eigenvalue weighted by Crippen LogP contribution is -2.13. The van der Waals surface area contributed by atoms with E-state index in [4.69, 9.17) is 5.73 Å². The minimum atomic E-state index is -0.365. The lowest BCUT2D eigenvalue weighted by Gasteiger charge is -2.19. The normalized spacial score (nSPS) is 20.9. The summed E-state index contributed by atoms with van der Waals surface area (Å²) in [6, 6.07) is 6.72. The van der Waals surface area contributed by atoms with Crippen molar-refractivity contribution < 1.29 is 4.92 Å². The summed E-state index contributed by atoms with van der Waals surface area (Å²) in [5.41, 5.74) is 9.50. The number of rotatable bonds is 2. The summed E-state index contributed by atoms with van der Waals surface area (Å²) in [5, 5.41) is 11.0. The van der Waals surface area contributed by atoms with Gasteiger partial charge in [0.15, 0.2) is 0 Å². The fourth-order valence-corrected chi connectivity index (χ4v) is 2.13. The molecule has 1 aromatic carbocycles. The standard InChI is InChI=1S/C15H16N2O2/c1-10-7-13(11(2)14(16)8-10)9-12-5-3-4-6-15(12)17(18)19/h3-9,11H,16H2,1-2H3/b13-9+. The van der Waals surface area contributed by atoms with E-state index in [-0.39, 0.29) is 16.5 Å². The van der Waals surface area contributed by atoms with Crippen LogP contribution in [0.1, 0.15) is 19.4 Å². The van der Waals surface area contributed by atoms with E-state index in [0.717, 1.165) is 16.8 Å². The zero-order valence-corrected chi connectivity index (χ0v) is 11.0. The smallest absolute Gasteiger partial charge is 0.276 e. The molecule has 4 heteroatoms. The van der Waals surface area contributed by atoms with E-state index < -0.39 is 0 Å². The maximum Gasteiger partial charge on any atom is 0.276 e. The fraction of sp³-hybridized carbons (Fsp3) is 0.200. The van der Waals surface area contributed by atoms with Crippen molar-refractivity contribution >= 4 is 11.8 Å². The van der Waals surface area contributed by atoms with Crippen molar-refractivity contribution in [1.82, 2.24) is 0 Å². The fourth-order valence-electron chi connectivity index (χ4n) is 2.13. The number of nitrogens with zero attached hydrogens (tertiary/aromatic N) is 1. The van der Waals surface area contributed by atoms with Crippen LogP contribution in [-0.2, 0) is 0 Å². The summed E-state index contributed by atoms with van der Waals surface area (Å²) in [7, 11) is 0. The molecule has 0 spiro atoms. The molecule has 98 valence electrons. The average Bonchev–Trinajstić information content (AvgIpc) is 2.35. The SMILES string of the molecule is CC1=C/C(=C\c2ccccc2[N+](=O)[O-])C(C)C(N)=C1. The van der Waals surface area contributed by atoms with Gasteiger partial charge in [0.2, 0.25) is 0 Å². The summed E-state index contributed by atoms with van der Waals surface area (Å²) < 4.78 is 0. The molecule has 19 heavy (non-hydrogen) atoms. The highest BCUT2D eigenvalue weighted by Gasteiger charge is 2.17. The summed E-state index contributed by atoms with van der Waals surface area (Å²) in [6.45, 7) is 3.96. The molecule has 1 unspecified atom stereocenters. The first-order chi connectivity index (χ1) is 8.99. The minimum Gasteiger partial charge on any atom is -0.402 e. The van der Waals surface area contributed by atoms with Gasteiger partial charge < -0.3 is 5.73 Å². The molecule has 0 radical (unpaired) electrons. The van der Waals surface area contributed by atoms with E-state index in [2.05, 4.69) is 0 Å². The van der Waals surface area contributed by atoms with Crippen molar-refractivity contribution in [3.63, 3.8) is 0 Å². The molecule has 0 heterocycles. The van der Waals surface area contributed by atoms with Gasteiger partial charge in [0.25, 0.3) is 5.69 Å². The average molecular weight is 256 g/mol. The second kappa shape index (κ2) is 5.10. The monoisotopic (exact) mass is 256 g/mol. The first kappa shape index (κ1) is 13.1. The molecule has 0 saturated heterocycles. The van der Waals surface area contributed by atoms with Gasteiger partial charge in [0.1, 0.15) is 0 Å². The molecule has 0 bridgehead atoms. The quantitative estimate of drug-likeness (QED) is 0.651. The number of nitrogens with two attached hydrogens (primary N) is 1. The van der Waals surface area contributed by atoms with Crippen LogP contribution in [0.2, 0.25) is 0 Å². The Morgan fingerprint density at radius 2 is 2.00 bits per heavy atom. The molecule has 2 rings (SSSR count). The summed E-state index contributed by atoms with van der Waals surface area (Å²) >= 11 is 0. The first-order valence-corrected chi connectivity index (χ1v) is 6.09. The first-order valence-electron chi connectivity index (χ1n) is 6.09. The Kier molecular flexibility index (Phi) is 3.51. The Hall–Kier alpha value is -2.36. The summed E-state index contributed by atoms with van der Waals surface area (Å²) in [5.74, 6) is 0.0727. The van der Waals surface area contributed by atoms with Crippen molar-refractivity contribution in [1.29, 1.82) is 0 Å². The van der Waals surface area contributed by atoms with Gasteiger partial charge >= 0.3 is 0 Å². The Bertz CT molecular complexity index is 612. The van der Waals surface area contributed by atoms with Gasteiger partial charge in [-0.15, -0.1) is 0 Å². The second-order valence-electron chi connectivity index (χ2n) is 4.71. The Labute approximate surface area is 112 Å². The van der Waals surface area contributed by atoms with Crippen molar-refractivity contribution in [2.45, 2.75) is 13.8 Å². The van der Waals surface area contributed by atoms with Crippen LogP contribution < -0.4 is 5.73 Å². The molecule has 1 atom stereocenters. The number of allylic oxidation sites excluding steroid dienone is 4. The van der Waals surface area contributed by atoms with E-state index in [1.165, 1.54) is 6.07 Å². The number of para-hydroxylation sites is 1. The Morgan fingerprint density at radius 1 is 1.32 bits per heavy atom. The van der Waals surface area contributed by atoms with Crippen LogP contribution in [0, 0.1) is 16.0 Å². The molecule has 0 aromatic heterocycles. The molecule has 2 N–H and O–H groups in total. The Morgan fingerprint density at radius 3 is 2.68 bits per heavy atom. The largest absolute Gasteiger partial charge is 0.402 e. The maximum atomic E-state index is 11.0. The molecule has 1 aliphatic carbocycles. The minimum absolute atomic E-state index is 0.0727. The van der Waals surface area contributed by atoms with Gasteiger partial charge in [0, 0.05) is 17.7 Å². The van der Waals surface area contributed by atoms with Crippen LogP contribution in [-0.4, -0.2) is 4.92 Å². The third kappa shape index (κ3) is 2.73. The van der Waals surface area contributed by atoms with Gasteiger partial charge in [-0.05, 0) is 36.3 Å². The molecule has 1 aromatic rings. The van der Waals surface area contributed by atoms with Crippen LogP contribution in [0.15, 0.2) is 53.3 Å². The number of hydrogen-bond donors (Lipinski definition) is 1. The van der Waals surface area contributed by atoms with Gasteiger partial charge in [0.05, 0.1) is 10.5 Å². The van der Waals surface area contributed by atoms with E-state index in [0.29, 0.717) is 5.56 Å². The molecule has 1 aliphatic rings. The van der Waals surface area contributed by atoms with Crippen LogP contribution >= 0.6 is 0 Å². The Balaban J connectivity index is 2.48. The van der Waals surface area contributed by atoms with Gasteiger partial charge in [-0.25, -0.2) is 0 Å². The van der Waals surface area contributed by atoms with E-state index >= 15 is 0 Å². The predicted molar refractivity (Wildman–Crippen MR) is 76.3 cm³/mol. The topological polar surface area (TPSA) is 69.2 Å². The van der Waals surface area contributed by atoms with Crippen LogP contribution in [0.25, 0.3) is 6.08 Å². The van der Waals surface area contributed by atoms with E-state index in [1.54, 1.807) is 18.2 Å². The van der Waals surface area contributed by atoms with Crippen molar-refractivity contribution in [2.75, 3.05) is 0 Å². The highest BCUT2D eigenvalue weighted by atomic mass is 16.6. The van der Waals surface area contributed by atoms with Crippen LogP contribution in [0.5, 0.6) is 0 Å². The third-order valence-corrected chi connectivity index (χ3v) is 3.24. The second-order valence-corrected chi connectivity index (χ2v) is 4.71. The van der Waals surface area contributed by atoms with Gasteiger partial charge in [-0.2, -0.15) is 0 Å². The number of nitro groups is 1. The summed E-state index contributed by atoms with van der Waals surface area (Å²) in [4.78, 5) is 10.6. The molecular formula is C15H16N2O2. The molecular weight excluding hydrogens is 240 g/mol. The van der Waals surface area contributed by atoms with Crippen molar-refractivity contribution in [2.24, 2.45) is 11.7 Å². The molecule has 0 aliphatic heterocycles. The number of benzene rings is 1. The highest BCUT2D eigenvalue weighted by Crippen LogP contribution is 2.29. The zero-order chi connectivity index (χ0) is 14.0. The highest BCUT2D eigenvalue weighted by molar-refractivity contribution is 5.66. The third-order valence-electron chi connectivity index (χ3n) is 3.24. The van der Waals surface area contributed by atoms with Gasteiger partial charge in [-0.1, -0.05) is 25.1 Å². The van der Waals surface area contributed by atoms with E-state index in [9.17, 15) is 10.1 Å². The number of nitro benzene ring substituents is 1. The molecule has 0 amide bonds. The number of hydrogen-bond acceptors (Lipinski definition) is 3. The molecule has 4 nitrogen and oxygen atoms in total. The van der Waals surface area contributed by atoms with Crippen molar-refractivity contribution in [3.8, 4) is 0 Å². The maximum absolute atomic E-state index is 11.0. The summed E-state index contributed by atoms with van der Waals surface area (Å²) in [6.07, 6.45) is 5.78. The van der Waals surface area contributed by atoms with Crippen LogP contribution in [0.3, 0.4) is 0 Å². The van der Waals surface area contributed by atoms with Crippen molar-refractivity contribution in [3.05, 3.63) is 68.9 Å².